The molecular formula is C26H29N3O3S. The standard InChI is InChI=1S/C26H29N3O3S/c1-14-4-5-17-6-7-32-25(20(17)8-14)19-11-23(33-16(19)3)24(31)21-12-27-13-28-26(21)29-18-9-15(2)22(30)10-18/h4-5,8,11-13,15,18,22,25,30H,6-7,9-10H2,1-3H3,(H,27,28,29)/t15-,18-,22+,25-/m1/s1. The zero-order valence-electron chi connectivity index (χ0n) is 19.2. The fourth-order valence-corrected chi connectivity index (χ4v) is 5.97. The summed E-state index contributed by atoms with van der Waals surface area (Å²) < 4.78 is 6.19. The number of nitrogens with one attached hydrogen (secondary N) is 1. The molecule has 2 aliphatic rings. The first-order valence-electron chi connectivity index (χ1n) is 11.5. The minimum atomic E-state index is -0.326. The van der Waals surface area contributed by atoms with Crippen LogP contribution in [0.25, 0.3) is 0 Å². The topological polar surface area (TPSA) is 84.3 Å². The molecule has 2 aromatic heterocycles. The molecule has 1 aliphatic carbocycles. The van der Waals surface area contributed by atoms with Crippen molar-refractivity contribution in [2.45, 2.75) is 58.3 Å². The molecule has 3 heterocycles. The zero-order valence-corrected chi connectivity index (χ0v) is 20.0. The predicted octanol–water partition coefficient (Wildman–Crippen LogP) is 4.62. The van der Waals surface area contributed by atoms with E-state index >= 15 is 0 Å². The molecule has 4 atom stereocenters. The number of aliphatic hydroxyl groups is 1. The lowest BCUT2D eigenvalue weighted by atomic mass is 9.91. The number of benzene rings is 1. The Balaban J connectivity index is 1.43. The van der Waals surface area contributed by atoms with Gasteiger partial charge in [0, 0.05) is 17.1 Å². The van der Waals surface area contributed by atoms with Gasteiger partial charge in [-0.2, -0.15) is 0 Å². The molecule has 33 heavy (non-hydrogen) atoms. The highest BCUT2D eigenvalue weighted by Crippen LogP contribution is 2.39. The van der Waals surface area contributed by atoms with Gasteiger partial charge in [-0.15, -0.1) is 11.3 Å². The van der Waals surface area contributed by atoms with Crippen LogP contribution in [-0.2, 0) is 11.2 Å². The number of ketones is 1. The Kier molecular flexibility index (Phi) is 6.03. The third kappa shape index (κ3) is 4.33. The lowest BCUT2D eigenvalue weighted by Crippen LogP contribution is -2.20. The molecule has 2 N–H and O–H groups in total. The number of aliphatic hydroxyl groups excluding tert-OH is 1. The van der Waals surface area contributed by atoms with Gasteiger partial charge in [-0.05, 0) is 61.8 Å². The van der Waals surface area contributed by atoms with Gasteiger partial charge in [0.15, 0.2) is 0 Å². The maximum Gasteiger partial charge on any atom is 0.208 e. The third-order valence-electron chi connectivity index (χ3n) is 6.84. The number of thiophene rings is 1. The molecule has 7 heteroatoms. The Labute approximate surface area is 198 Å². The van der Waals surface area contributed by atoms with E-state index in [9.17, 15) is 9.90 Å². The number of ether oxygens (including phenoxy) is 1. The van der Waals surface area contributed by atoms with Crippen LogP contribution in [0.5, 0.6) is 0 Å². The van der Waals surface area contributed by atoms with Gasteiger partial charge in [0.25, 0.3) is 0 Å². The molecule has 3 aromatic rings. The van der Waals surface area contributed by atoms with Crippen LogP contribution in [-0.4, -0.2) is 39.6 Å². The average Bonchev–Trinajstić information content (AvgIpc) is 3.34. The lowest BCUT2D eigenvalue weighted by Gasteiger charge is -2.26. The van der Waals surface area contributed by atoms with Crippen molar-refractivity contribution in [1.82, 2.24) is 9.97 Å². The van der Waals surface area contributed by atoms with E-state index in [0.717, 1.165) is 23.3 Å². The maximum absolute atomic E-state index is 13.5. The molecule has 0 amide bonds. The number of hydrogen-bond donors (Lipinski definition) is 2. The number of rotatable bonds is 5. The van der Waals surface area contributed by atoms with E-state index in [2.05, 4.69) is 40.4 Å². The van der Waals surface area contributed by atoms with Gasteiger partial charge < -0.3 is 15.2 Å². The molecule has 0 spiro atoms. The van der Waals surface area contributed by atoms with E-state index < -0.39 is 0 Å². The minimum absolute atomic E-state index is 0.0902. The lowest BCUT2D eigenvalue weighted by molar-refractivity contribution is 0.0697. The van der Waals surface area contributed by atoms with Gasteiger partial charge in [0.05, 0.1) is 23.2 Å². The second-order valence-corrected chi connectivity index (χ2v) is 10.6. The summed E-state index contributed by atoms with van der Waals surface area (Å²) >= 11 is 1.49. The van der Waals surface area contributed by atoms with Gasteiger partial charge in [-0.3, -0.25) is 4.79 Å². The second-order valence-electron chi connectivity index (χ2n) is 9.30. The van der Waals surface area contributed by atoms with Gasteiger partial charge in [0.2, 0.25) is 5.78 Å². The number of aryl methyl sites for hydroxylation is 2. The number of fused-ring (bicyclic) bond motifs is 1. The van der Waals surface area contributed by atoms with Crippen LogP contribution in [0, 0.1) is 19.8 Å². The molecule has 0 radical (unpaired) electrons. The smallest absolute Gasteiger partial charge is 0.208 e. The molecule has 1 aliphatic heterocycles. The van der Waals surface area contributed by atoms with E-state index in [1.165, 1.54) is 34.4 Å². The molecule has 0 saturated heterocycles. The molecule has 172 valence electrons. The number of nitrogens with zero attached hydrogens (tertiary/aromatic N) is 2. The number of aromatic nitrogens is 2. The summed E-state index contributed by atoms with van der Waals surface area (Å²) in [5.41, 5.74) is 5.22. The minimum Gasteiger partial charge on any atom is -0.393 e. The highest BCUT2D eigenvalue weighted by molar-refractivity contribution is 7.14. The maximum atomic E-state index is 13.5. The fraction of sp³-hybridized carbons (Fsp3) is 0.423. The Morgan fingerprint density at radius 1 is 1.21 bits per heavy atom. The highest BCUT2D eigenvalue weighted by atomic mass is 32.1. The van der Waals surface area contributed by atoms with E-state index in [0.29, 0.717) is 29.3 Å². The van der Waals surface area contributed by atoms with Crippen molar-refractivity contribution in [1.29, 1.82) is 0 Å². The molecule has 5 rings (SSSR count). The summed E-state index contributed by atoms with van der Waals surface area (Å²) in [6.45, 7) is 6.86. The predicted molar refractivity (Wildman–Crippen MR) is 129 cm³/mol. The normalized spacial score (nSPS) is 24.5. The van der Waals surface area contributed by atoms with Gasteiger partial charge in [0.1, 0.15) is 18.2 Å². The Hall–Kier alpha value is -2.61. The molecule has 1 saturated carbocycles. The first-order valence-corrected chi connectivity index (χ1v) is 12.3. The van der Waals surface area contributed by atoms with Crippen molar-refractivity contribution in [3.63, 3.8) is 0 Å². The summed E-state index contributed by atoms with van der Waals surface area (Å²) in [7, 11) is 0. The van der Waals surface area contributed by atoms with E-state index in [4.69, 9.17) is 4.74 Å². The van der Waals surface area contributed by atoms with Crippen LogP contribution < -0.4 is 5.32 Å². The Morgan fingerprint density at radius 2 is 2.06 bits per heavy atom. The summed E-state index contributed by atoms with van der Waals surface area (Å²) in [6.07, 6.45) is 4.96. The van der Waals surface area contributed by atoms with E-state index in [-0.39, 0.29) is 30.0 Å². The number of carbonyl (C=O) groups excluding carboxylic acids is 1. The number of carbonyl (C=O) groups is 1. The first-order chi connectivity index (χ1) is 15.9. The molecular weight excluding hydrogens is 434 g/mol. The third-order valence-corrected chi connectivity index (χ3v) is 7.90. The van der Waals surface area contributed by atoms with Crippen LogP contribution in [0.4, 0.5) is 5.82 Å². The Bertz CT molecular complexity index is 1180. The molecule has 1 aromatic carbocycles. The van der Waals surface area contributed by atoms with Crippen molar-refractivity contribution >= 4 is 22.9 Å². The highest BCUT2D eigenvalue weighted by Gasteiger charge is 2.31. The van der Waals surface area contributed by atoms with Gasteiger partial charge in [-0.1, -0.05) is 30.7 Å². The quantitative estimate of drug-likeness (QED) is 0.537. The molecule has 6 nitrogen and oxygen atoms in total. The number of hydrogen-bond acceptors (Lipinski definition) is 7. The average molecular weight is 464 g/mol. The van der Waals surface area contributed by atoms with Crippen molar-refractivity contribution in [3.8, 4) is 0 Å². The Morgan fingerprint density at radius 3 is 2.85 bits per heavy atom. The number of anilines is 1. The van der Waals surface area contributed by atoms with Gasteiger partial charge in [-0.25, -0.2) is 9.97 Å². The molecule has 0 bridgehead atoms. The van der Waals surface area contributed by atoms with Crippen LogP contribution in [0.1, 0.15) is 68.2 Å². The summed E-state index contributed by atoms with van der Waals surface area (Å²) in [6, 6.07) is 8.59. The summed E-state index contributed by atoms with van der Waals surface area (Å²) in [4.78, 5) is 23.7. The van der Waals surface area contributed by atoms with Gasteiger partial charge >= 0.3 is 0 Å². The van der Waals surface area contributed by atoms with Crippen LogP contribution in [0.15, 0.2) is 36.8 Å². The van der Waals surface area contributed by atoms with E-state index in [1.54, 1.807) is 6.20 Å². The summed E-state index contributed by atoms with van der Waals surface area (Å²) in [5, 5.41) is 13.5. The monoisotopic (exact) mass is 463 g/mol. The van der Waals surface area contributed by atoms with Crippen LogP contribution in [0.2, 0.25) is 0 Å². The van der Waals surface area contributed by atoms with Crippen LogP contribution >= 0.6 is 11.3 Å². The van der Waals surface area contributed by atoms with Crippen molar-refractivity contribution in [2.24, 2.45) is 5.92 Å². The first kappa shape index (κ1) is 22.2. The van der Waals surface area contributed by atoms with Crippen molar-refractivity contribution in [3.05, 3.63) is 74.4 Å². The SMILES string of the molecule is Cc1ccc2c(c1)[C@@H](c1cc(C(=O)c3cncnc3N[C@@H]3C[C@@H](C)[C@@H](O)C3)sc1C)OCC2. The van der Waals surface area contributed by atoms with E-state index in [1.807, 2.05) is 19.9 Å². The fourth-order valence-electron chi connectivity index (χ4n) is 4.97. The van der Waals surface area contributed by atoms with Crippen molar-refractivity contribution in [2.75, 3.05) is 11.9 Å². The largest absolute Gasteiger partial charge is 0.393 e. The molecule has 1 fully saturated rings. The van der Waals surface area contributed by atoms with Crippen LogP contribution in [0.3, 0.4) is 0 Å². The van der Waals surface area contributed by atoms with Crippen molar-refractivity contribution < 1.29 is 14.6 Å². The zero-order chi connectivity index (χ0) is 23.1. The summed E-state index contributed by atoms with van der Waals surface area (Å²) in [5.74, 6) is 0.668. The molecule has 0 unspecified atom stereocenters. The second kappa shape index (κ2) is 8.97.